The highest BCUT2D eigenvalue weighted by molar-refractivity contribution is 5.86. The van der Waals surface area contributed by atoms with Crippen molar-refractivity contribution in [2.75, 3.05) is 25.0 Å². The Morgan fingerprint density at radius 2 is 2.13 bits per heavy atom. The van der Waals surface area contributed by atoms with Crippen molar-refractivity contribution in [2.24, 2.45) is 0 Å². The molecule has 7 heteroatoms. The van der Waals surface area contributed by atoms with Gasteiger partial charge in [0.2, 0.25) is 0 Å². The average molecular weight is 403 g/mol. The van der Waals surface area contributed by atoms with Gasteiger partial charge in [-0.15, -0.1) is 0 Å². The molecule has 0 aliphatic carbocycles. The number of esters is 1. The van der Waals surface area contributed by atoms with Crippen LogP contribution in [0.25, 0.3) is 17.0 Å². The van der Waals surface area contributed by atoms with E-state index in [1.807, 2.05) is 12.1 Å². The molecule has 3 heterocycles. The molecule has 0 spiro atoms. The summed E-state index contributed by atoms with van der Waals surface area (Å²) in [5.74, 6) is 0.354. The number of rotatable bonds is 7. The lowest BCUT2D eigenvalue weighted by atomic mass is 10.2. The van der Waals surface area contributed by atoms with Gasteiger partial charge in [0.15, 0.2) is 0 Å². The third kappa shape index (κ3) is 5.18. The van der Waals surface area contributed by atoms with Crippen LogP contribution in [0.4, 0.5) is 5.82 Å². The maximum Gasteiger partial charge on any atom is 0.330 e. The maximum absolute atomic E-state index is 11.4. The van der Waals surface area contributed by atoms with Gasteiger partial charge in [-0.2, -0.15) is 0 Å². The molecule has 4 rings (SSSR count). The van der Waals surface area contributed by atoms with E-state index in [4.69, 9.17) is 9.72 Å². The molecule has 0 radical (unpaired) electrons. The van der Waals surface area contributed by atoms with E-state index in [-0.39, 0.29) is 5.97 Å². The first-order valence-corrected chi connectivity index (χ1v) is 10.2. The van der Waals surface area contributed by atoms with Crippen molar-refractivity contribution in [1.29, 1.82) is 0 Å². The number of ether oxygens (including phenoxy) is 1. The molecule has 1 aromatic carbocycles. The molecule has 2 aromatic heterocycles. The average Bonchev–Trinajstić information content (AvgIpc) is 3.20. The minimum Gasteiger partial charge on any atom is -0.463 e. The first kappa shape index (κ1) is 20.0. The van der Waals surface area contributed by atoms with Gasteiger partial charge in [-0.25, -0.2) is 9.78 Å². The Morgan fingerprint density at radius 3 is 2.97 bits per heavy atom. The van der Waals surface area contributed by atoms with Crippen LogP contribution in [0.15, 0.2) is 54.9 Å². The molecule has 1 aliphatic heterocycles. The number of anilines is 1. The fourth-order valence-electron chi connectivity index (χ4n) is 3.57. The zero-order valence-corrected chi connectivity index (χ0v) is 17.0. The van der Waals surface area contributed by atoms with Crippen LogP contribution in [-0.4, -0.2) is 51.6 Å². The van der Waals surface area contributed by atoms with Gasteiger partial charge in [0, 0.05) is 37.1 Å². The molecule has 0 unspecified atom stereocenters. The van der Waals surface area contributed by atoms with Gasteiger partial charge in [0.05, 0.1) is 35.9 Å². The number of nitrogens with one attached hydrogen (secondary N) is 1. The van der Waals surface area contributed by atoms with E-state index >= 15 is 0 Å². The van der Waals surface area contributed by atoms with Crippen LogP contribution in [-0.2, 0) is 16.1 Å². The lowest BCUT2D eigenvalue weighted by molar-refractivity contribution is -0.137. The SMILES string of the molecule is CCOC(=O)C=Cc1cnc(N[C@@H]2CCN(Cc3ccc4ccccc4n3)C2)cn1. The molecule has 0 amide bonds. The highest BCUT2D eigenvalue weighted by Gasteiger charge is 2.23. The summed E-state index contributed by atoms with van der Waals surface area (Å²) in [6, 6.07) is 12.8. The predicted molar refractivity (Wildman–Crippen MR) is 117 cm³/mol. The number of hydrogen-bond acceptors (Lipinski definition) is 7. The fraction of sp³-hybridized carbons (Fsp3) is 0.304. The van der Waals surface area contributed by atoms with Crippen LogP contribution in [0.5, 0.6) is 0 Å². The Kier molecular flexibility index (Phi) is 6.29. The number of carbonyl (C=O) groups excluding carboxylic acids is 1. The van der Waals surface area contributed by atoms with Crippen molar-refractivity contribution >= 4 is 28.8 Å². The highest BCUT2D eigenvalue weighted by Crippen LogP contribution is 2.18. The van der Waals surface area contributed by atoms with Gasteiger partial charge in [-0.1, -0.05) is 24.3 Å². The van der Waals surface area contributed by atoms with Crippen LogP contribution in [0.3, 0.4) is 0 Å². The van der Waals surface area contributed by atoms with Crippen LogP contribution < -0.4 is 5.32 Å². The van der Waals surface area contributed by atoms with Crippen molar-refractivity contribution in [3.05, 3.63) is 66.3 Å². The monoisotopic (exact) mass is 403 g/mol. The second kappa shape index (κ2) is 9.45. The third-order valence-corrected chi connectivity index (χ3v) is 5.01. The Balaban J connectivity index is 1.29. The summed E-state index contributed by atoms with van der Waals surface area (Å²) in [6.07, 6.45) is 7.33. The Bertz CT molecular complexity index is 1040. The van der Waals surface area contributed by atoms with E-state index in [0.29, 0.717) is 18.3 Å². The topological polar surface area (TPSA) is 80.2 Å². The number of hydrogen-bond donors (Lipinski definition) is 1. The van der Waals surface area contributed by atoms with Crippen molar-refractivity contribution in [2.45, 2.75) is 25.9 Å². The molecule has 30 heavy (non-hydrogen) atoms. The number of benzene rings is 1. The number of nitrogens with zero attached hydrogens (tertiary/aromatic N) is 4. The highest BCUT2D eigenvalue weighted by atomic mass is 16.5. The van der Waals surface area contributed by atoms with Crippen LogP contribution in [0.2, 0.25) is 0 Å². The molecule has 1 fully saturated rings. The lowest BCUT2D eigenvalue weighted by Crippen LogP contribution is -2.26. The number of pyridine rings is 1. The van der Waals surface area contributed by atoms with E-state index in [0.717, 1.165) is 43.1 Å². The third-order valence-electron chi connectivity index (χ3n) is 5.01. The Hall–Kier alpha value is -3.32. The minimum atomic E-state index is -0.381. The normalized spacial score (nSPS) is 16.9. The number of likely N-dealkylation sites (tertiary alicyclic amines) is 1. The molecular formula is C23H25N5O2. The first-order valence-electron chi connectivity index (χ1n) is 10.2. The number of fused-ring (bicyclic) bond motifs is 1. The van der Waals surface area contributed by atoms with Gasteiger partial charge in [0.1, 0.15) is 5.82 Å². The van der Waals surface area contributed by atoms with Gasteiger partial charge in [-0.05, 0) is 31.6 Å². The van der Waals surface area contributed by atoms with E-state index in [9.17, 15) is 4.79 Å². The molecule has 0 saturated carbocycles. The van der Waals surface area contributed by atoms with Crippen molar-refractivity contribution in [3.63, 3.8) is 0 Å². The second-order valence-corrected chi connectivity index (χ2v) is 7.27. The maximum atomic E-state index is 11.4. The van der Waals surface area contributed by atoms with E-state index in [2.05, 4.69) is 44.5 Å². The summed E-state index contributed by atoms with van der Waals surface area (Å²) in [6.45, 7) is 4.91. The molecule has 0 bridgehead atoms. The van der Waals surface area contributed by atoms with Crippen LogP contribution >= 0.6 is 0 Å². The molecule has 1 N–H and O–H groups in total. The van der Waals surface area contributed by atoms with Gasteiger partial charge < -0.3 is 10.1 Å². The summed E-state index contributed by atoms with van der Waals surface area (Å²) in [5.41, 5.74) is 2.74. The largest absolute Gasteiger partial charge is 0.463 e. The van der Waals surface area contributed by atoms with E-state index in [1.165, 1.54) is 11.5 Å². The van der Waals surface area contributed by atoms with Crippen LogP contribution in [0.1, 0.15) is 24.7 Å². The van der Waals surface area contributed by atoms with E-state index < -0.39 is 0 Å². The van der Waals surface area contributed by atoms with Crippen molar-refractivity contribution in [3.8, 4) is 0 Å². The fourth-order valence-corrected chi connectivity index (χ4v) is 3.57. The summed E-state index contributed by atoms with van der Waals surface area (Å²) in [7, 11) is 0. The number of aromatic nitrogens is 3. The van der Waals surface area contributed by atoms with Crippen molar-refractivity contribution in [1.82, 2.24) is 19.9 Å². The molecule has 1 atom stereocenters. The molecule has 1 saturated heterocycles. The summed E-state index contributed by atoms with van der Waals surface area (Å²) < 4.78 is 4.85. The van der Waals surface area contributed by atoms with Crippen LogP contribution in [0, 0.1) is 0 Å². The number of para-hydroxylation sites is 1. The lowest BCUT2D eigenvalue weighted by Gasteiger charge is -2.17. The molecule has 1 aliphatic rings. The Labute approximate surface area is 175 Å². The standard InChI is InChI=1S/C23H25N5O2/c1-2-30-23(29)10-9-18-13-25-22(14-24-18)27-20-11-12-28(16-20)15-19-8-7-17-5-3-4-6-21(17)26-19/h3-10,13-14,20H,2,11-12,15-16H2,1H3,(H,25,27)/t20-/m1/s1. The molecule has 3 aromatic rings. The van der Waals surface area contributed by atoms with Gasteiger partial charge in [-0.3, -0.25) is 14.9 Å². The summed E-state index contributed by atoms with van der Waals surface area (Å²) in [5, 5.41) is 4.62. The first-order chi connectivity index (χ1) is 14.7. The molecule has 154 valence electrons. The minimum absolute atomic E-state index is 0.320. The van der Waals surface area contributed by atoms with Crippen molar-refractivity contribution < 1.29 is 9.53 Å². The Morgan fingerprint density at radius 1 is 1.23 bits per heavy atom. The molecular weight excluding hydrogens is 378 g/mol. The summed E-state index contributed by atoms with van der Waals surface area (Å²) in [4.78, 5) is 27.3. The zero-order valence-electron chi connectivity index (χ0n) is 17.0. The second-order valence-electron chi connectivity index (χ2n) is 7.27. The number of carbonyl (C=O) groups is 1. The van der Waals surface area contributed by atoms with Gasteiger partial charge >= 0.3 is 5.97 Å². The zero-order chi connectivity index (χ0) is 20.8. The smallest absolute Gasteiger partial charge is 0.330 e. The molecule has 7 nitrogen and oxygen atoms in total. The predicted octanol–water partition coefficient (Wildman–Crippen LogP) is 3.29. The quantitative estimate of drug-likeness (QED) is 0.479. The van der Waals surface area contributed by atoms with Gasteiger partial charge in [0.25, 0.3) is 0 Å². The van der Waals surface area contributed by atoms with E-state index in [1.54, 1.807) is 25.4 Å². The summed E-state index contributed by atoms with van der Waals surface area (Å²) >= 11 is 0.